The minimum atomic E-state index is 0.0178. The number of methoxy groups -OCH3 is 1. The number of nitrogens with one attached hydrogen (secondary N) is 1. The van der Waals surface area contributed by atoms with Crippen LogP contribution in [0.3, 0.4) is 0 Å². The molecule has 1 aromatic carbocycles. The van der Waals surface area contributed by atoms with Gasteiger partial charge in [-0.3, -0.25) is 4.99 Å². The average Bonchev–Trinajstić information content (AvgIpc) is 2.76. The van der Waals surface area contributed by atoms with E-state index < -0.39 is 0 Å². The number of hydrogen-bond acceptors (Lipinski definition) is 5. The lowest BCUT2D eigenvalue weighted by atomic mass is 9.87. The first kappa shape index (κ1) is 12.3. The Morgan fingerprint density at radius 2 is 2.05 bits per heavy atom. The van der Waals surface area contributed by atoms with E-state index in [1.807, 2.05) is 18.2 Å². The number of ether oxygens (including phenoxy) is 1. The van der Waals surface area contributed by atoms with Crippen LogP contribution in [0.25, 0.3) is 0 Å². The highest BCUT2D eigenvalue weighted by atomic mass is 16.5. The van der Waals surface area contributed by atoms with Gasteiger partial charge in [-0.15, -0.1) is 0 Å². The SMILES string of the molecule is COc1ccccc1N1C(N)=NCC12CCNCC2. The minimum absolute atomic E-state index is 0.0178. The number of anilines is 1. The number of guanidine groups is 1. The molecular weight excluding hydrogens is 240 g/mol. The Labute approximate surface area is 113 Å². The fraction of sp³-hybridized carbons (Fsp3) is 0.500. The normalized spacial score (nSPS) is 21.5. The first-order valence-electron chi connectivity index (χ1n) is 6.71. The summed E-state index contributed by atoms with van der Waals surface area (Å²) < 4.78 is 5.47. The molecule has 0 aliphatic carbocycles. The Bertz CT molecular complexity index is 494. The molecule has 19 heavy (non-hydrogen) atoms. The molecular formula is C14H20N4O. The van der Waals surface area contributed by atoms with Gasteiger partial charge in [0.1, 0.15) is 5.75 Å². The lowest BCUT2D eigenvalue weighted by Gasteiger charge is -2.42. The second-order valence-electron chi connectivity index (χ2n) is 5.16. The molecule has 2 aliphatic heterocycles. The Morgan fingerprint density at radius 3 is 2.79 bits per heavy atom. The van der Waals surface area contributed by atoms with Crippen molar-refractivity contribution in [3.63, 3.8) is 0 Å². The summed E-state index contributed by atoms with van der Waals surface area (Å²) >= 11 is 0. The zero-order valence-electron chi connectivity index (χ0n) is 11.2. The van der Waals surface area contributed by atoms with Crippen molar-refractivity contribution < 1.29 is 4.74 Å². The Morgan fingerprint density at radius 1 is 1.32 bits per heavy atom. The molecule has 0 atom stereocenters. The van der Waals surface area contributed by atoms with Crippen LogP contribution in [0, 0.1) is 0 Å². The van der Waals surface area contributed by atoms with Crippen molar-refractivity contribution in [1.82, 2.24) is 5.32 Å². The molecule has 0 saturated carbocycles. The number of para-hydroxylation sites is 2. The summed E-state index contributed by atoms with van der Waals surface area (Å²) in [5.74, 6) is 1.45. The maximum atomic E-state index is 6.14. The molecule has 0 amide bonds. The highest BCUT2D eigenvalue weighted by Gasteiger charge is 2.44. The van der Waals surface area contributed by atoms with E-state index >= 15 is 0 Å². The van der Waals surface area contributed by atoms with E-state index in [1.54, 1.807) is 7.11 Å². The van der Waals surface area contributed by atoms with Crippen molar-refractivity contribution in [2.45, 2.75) is 18.4 Å². The van der Waals surface area contributed by atoms with E-state index in [4.69, 9.17) is 10.5 Å². The maximum absolute atomic E-state index is 6.14. The highest BCUT2D eigenvalue weighted by molar-refractivity contribution is 5.99. The van der Waals surface area contributed by atoms with E-state index in [1.165, 1.54) is 0 Å². The Balaban J connectivity index is 2.02. The molecule has 1 saturated heterocycles. The molecule has 102 valence electrons. The van der Waals surface area contributed by atoms with Gasteiger partial charge in [-0.25, -0.2) is 0 Å². The molecule has 5 nitrogen and oxygen atoms in total. The van der Waals surface area contributed by atoms with E-state index in [0.29, 0.717) is 5.96 Å². The fourth-order valence-electron chi connectivity index (χ4n) is 3.08. The van der Waals surface area contributed by atoms with Gasteiger partial charge in [-0.2, -0.15) is 0 Å². The average molecular weight is 260 g/mol. The number of hydrogen-bond donors (Lipinski definition) is 2. The van der Waals surface area contributed by atoms with Gasteiger partial charge in [0.25, 0.3) is 0 Å². The first-order valence-corrected chi connectivity index (χ1v) is 6.71. The molecule has 0 bridgehead atoms. The van der Waals surface area contributed by atoms with Crippen molar-refractivity contribution >= 4 is 11.6 Å². The predicted molar refractivity (Wildman–Crippen MR) is 76.8 cm³/mol. The van der Waals surface area contributed by atoms with Crippen LogP contribution in [0.4, 0.5) is 5.69 Å². The fourth-order valence-corrected chi connectivity index (χ4v) is 3.08. The van der Waals surface area contributed by atoms with E-state index in [2.05, 4.69) is 21.3 Å². The topological polar surface area (TPSA) is 62.9 Å². The lowest BCUT2D eigenvalue weighted by Crippen LogP contribution is -2.57. The predicted octanol–water partition coefficient (Wildman–Crippen LogP) is 0.952. The van der Waals surface area contributed by atoms with Crippen molar-refractivity contribution in [2.24, 2.45) is 10.7 Å². The first-order chi connectivity index (χ1) is 9.27. The number of piperidine rings is 1. The Kier molecular flexibility index (Phi) is 3.06. The molecule has 3 N–H and O–H groups in total. The molecule has 1 aromatic rings. The summed E-state index contributed by atoms with van der Waals surface area (Å²) in [5, 5.41) is 3.40. The van der Waals surface area contributed by atoms with Gasteiger partial charge in [0.15, 0.2) is 5.96 Å². The summed E-state index contributed by atoms with van der Waals surface area (Å²) in [4.78, 5) is 6.66. The van der Waals surface area contributed by atoms with Gasteiger partial charge in [0.2, 0.25) is 0 Å². The van der Waals surface area contributed by atoms with Gasteiger partial charge in [0, 0.05) is 0 Å². The summed E-state index contributed by atoms with van der Waals surface area (Å²) in [6.07, 6.45) is 2.10. The summed E-state index contributed by atoms with van der Waals surface area (Å²) in [6, 6.07) is 8.01. The molecule has 2 heterocycles. The Hall–Kier alpha value is -1.75. The lowest BCUT2D eigenvalue weighted by molar-refractivity contribution is 0.329. The van der Waals surface area contributed by atoms with Gasteiger partial charge in [-0.05, 0) is 38.1 Å². The molecule has 0 radical (unpaired) electrons. The van der Waals surface area contributed by atoms with Crippen molar-refractivity contribution in [3.05, 3.63) is 24.3 Å². The standard InChI is InChI=1S/C14H20N4O/c1-19-12-5-3-2-4-11(12)18-13(15)17-10-14(18)6-8-16-9-7-14/h2-5,16H,6-10H2,1H3,(H2,15,17). The maximum Gasteiger partial charge on any atom is 0.196 e. The quantitative estimate of drug-likeness (QED) is 0.831. The van der Waals surface area contributed by atoms with E-state index in [-0.39, 0.29) is 5.54 Å². The van der Waals surface area contributed by atoms with Crippen LogP contribution >= 0.6 is 0 Å². The number of nitrogens with zero attached hydrogens (tertiary/aromatic N) is 2. The van der Waals surface area contributed by atoms with Gasteiger partial charge >= 0.3 is 0 Å². The third kappa shape index (κ3) is 1.94. The summed E-state index contributed by atoms with van der Waals surface area (Å²) in [7, 11) is 1.69. The number of benzene rings is 1. The molecule has 5 heteroatoms. The van der Waals surface area contributed by atoms with Crippen LogP contribution in [0.2, 0.25) is 0 Å². The number of rotatable bonds is 2. The van der Waals surface area contributed by atoms with Crippen molar-refractivity contribution in [3.8, 4) is 5.75 Å². The van der Waals surface area contributed by atoms with Crippen LogP contribution in [-0.2, 0) is 0 Å². The molecule has 0 aromatic heterocycles. The third-order valence-electron chi connectivity index (χ3n) is 4.10. The van der Waals surface area contributed by atoms with Crippen LogP contribution in [0.15, 0.2) is 29.3 Å². The molecule has 3 rings (SSSR count). The largest absolute Gasteiger partial charge is 0.495 e. The van der Waals surface area contributed by atoms with Crippen LogP contribution in [-0.4, -0.2) is 38.2 Å². The third-order valence-corrected chi connectivity index (χ3v) is 4.10. The zero-order chi connectivity index (χ0) is 13.3. The summed E-state index contributed by atoms with van der Waals surface area (Å²) in [5.41, 5.74) is 7.18. The van der Waals surface area contributed by atoms with Gasteiger partial charge in [-0.1, -0.05) is 12.1 Å². The van der Waals surface area contributed by atoms with Crippen LogP contribution in [0.1, 0.15) is 12.8 Å². The molecule has 2 aliphatic rings. The van der Waals surface area contributed by atoms with E-state index in [9.17, 15) is 0 Å². The molecule has 0 unspecified atom stereocenters. The van der Waals surface area contributed by atoms with Crippen molar-refractivity contribution in [1.29, 1.82) is 0 Å². The van der Waals surface area contributed by atoms with Crippen LogP contribution in [0.5, 0.6) is 5.75 Å². The smallest absolute Gasteiger partial charge is 0.196 e. The van der Waals surface area contributed by atoms with E-state index in [0.717, 1.165) is 43.9 Å². The molecule has 1 spiro atoms. The monoisotopic (exact) mass is 260 g/mol. The number of nitrogens with two attached hydrogens (primary N) is 1. The van der Waals surface area contributed by atoms with Gasteiger partial charge in [0.05, 0.1) is 24.9 Å². The highest BCUT2D eigenvalue weighted by Crippen LogP contribution is 2.39. The summed E-state index contributed by atoms with van der Waals surface area (Å²) in [6.45, 7) is 2.79. The van der Waals surface area contributed by atoms with Crippen molar-refractivity contribution in [2.75, 3.05) is 31.6 Å². The van der Waals surface area contributed by atoms with Crippen LogP contribution < -0.4 is 20.7 Å². The second-order valence-corrected chi connectivity index (χ2v) is 5.16. The molecule has 1 fully saturated rings. The zero-order valence-corrected chi connectivity index (χ0v) is 11.2. The minimum Gasteiger partial charge on any atom is -0.495 e. The van der Waals surface area contributed by atoms with Gasteiger partial charge < -0.3 is 20.7 Å². The second kappa shape index (κ2) is 4.74. The number of aliphatic imine (C=N–C) groups is 1.